The number of nitrogens with zero attached hydrogens (tertiary/aromatic N) is 4. The van der Waals surface area contributed by atoms with Crippen LogP contribution < -0.4 is 5.32 Å². The largest absolute Gasteiger partial charge is 0.321 e. The van der Waals surface area contributed by atoms with Crippen LogP contribution in [0.4, 0.5) is 10.1 Å². The molecule has 0 bridgehead atoms. The van der Waals surface area contributed by atoms with Crippen LogP contribution in [0.1, 0.15) is 10.5 Å². The molecule has 1 amide bonds. The Balaban J connectivity index is 1.54. The molecule has 0 saturated heterocycles. The van der Waals surface area contributed by atoms with Gasteiger partial charge in [-0.15, -0.1) is 0 Å². The van der Waals surface area contributed by atoms with Gasteiger partial charge in [0.1, 0.15) is 17.3 Å². The molecule has 0 aliphatic heterocycles. The first-order valence-corrected chi connectivity index (χ1v) is 9.32. The molecule has 5 aromatic rings. The molecule has 0 radical (unpaired) electrons. The highest BCUT2D eigenvalue weighted by molar-refractivity contribution is 6.03. The highest BCUT2D eigenvalue weighted by Gasteiger charge is 2.16. The maximum absolute atomic E-state index is 13.4. The molecule has 0 spiro atoms. The second-order valence-corrected chi connectivity index (χ2v) is 6.73. The first-order chi connectivity index (χ1) is 14.7. The summed E-state index contributed by atoms with van der Waals surface area (Å²) in [5.41, 5.74) is 3.74. The number of aromatic nitrogens is 4. The summed E-state index contributed by atoms with van der Waals surface area (Å²) in [7, 11) is 0. The molecule has 0 unspecified atom stereocenters. The van der Waals surface area contributed by atoms with E-state index in [9.17, 15) is 9.18 Å². The van der Waals surface area contributed by atoms with Gasteiger partial charge in [0.05, 0.1) is 6.20 Å². The standard InChI is InChI=1S/C23H16FN5O/c24-18-2-1-3-19(14-18)27-23(30)21-10-13-26-29(21)22-7-6-20-5-4-17(15-28(20)22)16-8-11-25-12-9-16/h1-15H,(H,27,30). The number of halogens is 1. The van der Waals surface area contributed by atoms with Crippen molar-refractivity contribution < 1.29 is 9.18 Å². The van der Waals surface area contributed by atoms with Crippen LogP contribution in [-0.4, -0.2) is 25.1 Å². The Kier molecular flexibility index (Phi) is 4.33. The van der Waals surface area contributed by atoms with E-state index < -0.39 is 5.82 Å². The lowest BCUT2D eigenvalue weighted by atomic mass is 10.1. The van der Waals surface area contributed by atoms with E-state index in [0.29, 0.717) is 11.4 Å². The predicted octanol–water partition coefficient (Wildman–Crippen LogP) is 4.58. The zero-order valence-corrected chi connectivity index (χ0v) is 15.7. The summed E-state index contributed by atoms with van der Waals surface area (Å²) in [5.74, 6) is -0.0730. The molecule has 146 valence electrons. The molecule has 0 atom stereocenters. The Morgan fingerprint density at radius 3 is 2.57 bits per heavy atom. The SMILES string of the molecule is O=C(Nc1cccc(F)c1)c1ccnn1-c1ccc2ccc(-c3ccncc3)cn12. The number of fused-ring (bicyclic) bond motifs is 1. The third-order valence-electron chi connectivity index (χ3n) is 4.82. The van der Waals surface area contributed by atoms with E-state index in [1.807, 2.05) is 47.0 Å². The second kappa shape index (κ2) is 7.29. The zero-order chi connectivity index (χ0) is 20.5. The number of hydrogen-bond donors (Lipinski definition) is 1. The van der Waals surface area contributed by atoms with Crippen LogP contribution in [0.25, 0.3) is 22.5 Å². The monoisotopic (exact) mass is 397 g/mol. The van der Waals surface area contributed by atoms with Crippen LogP contribution in [0.2, 0.25) is 0 Å². The lowest BCUT2D eigenvalue weighted by molar-refractivity contribution is 0.101. The summed E-state index contributed by atoms with van der Waals surface area (Å²) in [6.45, 7) is 0. The average molecular weight is 397 g/mol. The molecular formula is C23H16FN5O. The molecule has 1 N–H and O–H groups in total. The lowest BCUT2D eigenvalue weighted by Crippen LogP contribution is -2.17. The Labute approximate surface area is 171 Å². The van der Waals surface area contributed by atoms with Gasteiger partial charge in [0.15, 0.2) is 0 Å². The Bertz CT molecular complexity index is 1360. The van der Waals surface area contributed by atoms with Crippen LogP contribution in [0.15, 0.2) is 91.5 Å². The first-order valence-electron chi connectivity index (χ1n) is 9.32. The molecule has 6 nitrogen and oxygen atoms in total. The number of rotatable bonds is 4. The van der Waals surface area contributed by atoms with Gasteiger partial charge < -0.3 is 9.72 Å². The van der Waals surface area contributed by atoms with Crippen molar-refractivity contribution in [3.8, 4) is 16.9 Å². The van der Waals surface area contributed by atoms with Crippen molar-refractivity contribution >= 4 is 17.1 Å². The molecule has 4 heterocycles. The quantitative estimate of drug-likeness (QED) is 0.483. The molecule has 0 saturated carbocycles. The number of nitrogens with one attached hydrogen (secondary N) is 1. The van der Waals surface area contributed by atoms with Crippen LogP contribution >= 0.6 is 0 Å². The maximum Gasteiger partial charge on any atom is 0.274 e. The molecule has 7 heteroatoms. The van der Waals surface area contributed by atoms with Gasteiger partial charge in [-0.2, -0.15) is 5.10 Å². The van der Waals surface area contributed by atoms with Crippen molar-refractivity contribution in [2.75, 3.05) is 5.32 Å². The Hall–Kier alpha value is -4.26. The number of anilines is 1. The van der Waals surface area contributed by atoms with Gasteiger partial charge in [-0.25, -0.2) is 9.07 Å². The number of benzene rings is 1. The van der Waals surface area contributed by atoms with Gasteiger partial charge in [-0.1, -0.05) is 12.1 Å². The van der Waals surface area contributed by atoms with Crippen molar-refractivity contribution in [2.24, 2.45) is 0 Å². The van der Waals surface area contributed by atoms with Crippen molar-refractivity contribution in [2.45, 2.75) is 0 Å². The lowest BCUT2D eigenvalue weighted by Gasteiger charge is -2.10. The second-order valence-electron chi connectivity index (χ2n) is 6.73. The Morgan fingerprint density at radius 1 is 0.900 bits per heavy atom. The van der Waals surface area contributed by atoms with Crippen LogP contribution in [0.3, 0.4) is 0 Å². The van der Waals surface area contributed by atoms with Crippen molar-refractivity contribution in [1.82, 2.24) is 19.2 Å². The third-order valence-corrected chi connectivity index (χ3v) is 4.82. The smallest absolute Gasteiger partial charge is 0.274 e. The van der Waals surface area contributed by atoms with E-state index in [1.54, 1.807) is 41.5 Å². The zero-order valence-electron chi connectivity index (χ0n) is 15.7. The van der Waals surface area contributed by atoms with E-state index >= 15 is 0 Å². The summed E-state index contributed by atoms with van der Waals surface area (Å²) < 4.78 is 17.0. The minimum Gasteiger partial charge on any atom is -0.321 e. The van der Waals surface area contributed by atoms with Gasteiger partial charge in [0, 0.05) is 29.8 Å². The molecular weight excluding hydrogens is 381 g/mol. The minimum atomic E-state index is -0.414. The fourth-order valence-corrected chi connectivity index (χ4v) is 3.39. The van der Waals surface area contributed by atoms with Gasteiger partial charge >= 0.3 is 0 Å². The van der Waals surface area contributed by atoms with Gasteiger partial charge in [-0.05, 0) is 65.7 Å². The van der Waals surface area contributed by atoms with Crippen molar-refractivity contribution in [3.05, 3.63) is 103 Å². The summed E-state index contributed by atoms with van der Waals surface area (Å²) in [5, 5.41) is 7.06. The van der Waals surface area contributed by atoms with Gasteiger partial charge in [-0.3, -0.25) is 9.78 Å². The van der Waals surface area contributed by atoms with E-state index in [1.165, 1.54) is 12.1 Å². The van der Waals surface area contributed by atoms with Gasteiger partial charge in [0.25, 0.3) is 5.91 Å². The fraction of sp³-hybridized carbons (Fsp3) is 0. The highest BCUT2D eigenvalue weighted by Crippen LogP contribution is 2.23. The van der Waals surface area contributed by atoms with E-state index in [2.05, 4.69) is 15.4 Å². The highest BCUT2D eigenvalue weighted by atomic mass is 19.1. The minimum absolute atomic E-state index is 0.341. The number of carbonyl (C=O) groups excluding carboxylic acids is 1. The molecule has 1 aromatic carbocycles. The van der Waals surface area contributed by atoms with E-state index in [4.69, 9.17) is 0 Å². The van der Waals surface area contributed by atoms with E-state index in [0.717, 1.165) is 22.5 Å². The molecule has 0 aliphatic carbocycles. The molecule has 0 aliphatic rings. The topological polar surface area (TPSA) is 64.2 Å². The molecule has 5 rings (SSSR count). The number of hydrogen-bond acceptors (Lipinski definition) is 3. The predicted molar refractivity (Wildman–Crippen MR) is 112 cm³/mol. The number of carbonyl (C=O) groups is 1. The van der Waals surface area contributed by atoms with Crippen LogP contribution in [0.5, 0.6) is 0 Å². The normalized spacial score (nSPS) is 11.0. The fourth-order valence-electron chi connectivity index (χ4n) is 3.39. The summed E-state index contributed by atoms with van der Waals surface area (Å²) in [6, 6.07) is 19.2. The van der Waals surface area contributed by atoms with Crippen LogP contribution in [-0.2, 0) is 0 Å². The first kappa shape index (κ1) is 17.8. The maximum atomic E-state index is 13.4. The van der Waals surface area contributed by atoms with E-state index in [-0.39, 0.29) is 5.91 Å². The van der Waals surface area contributed by atoms with Gasteiger partial charge in [0.2, 0.25) is 0 Å². The average Bonchev–Trinajstić information content (AvgIpc) is 3.40. The summed E-state index contributed by atoms with van der Waals surface area (Å²) >= 11 is 0. The van der Waals surface area contributed by atoms with Crippen LogP contribution in [0, 0.1) is 5.82 Å². The molecule has 4 aromatic heterocycles. The number of amides is 1. The molecule has 0 fully saturated rings. The molecule has 30 heavy (non-hydrogen) atoms. The third kappa shape index (κ3) is 3.22. The Morgan fingerprint density at radius 2 is 1.73 bits per heavy atom. The van der Waals surface area contributed by atoms with Crippen molar-refractivity contribution in [3.63, 3.8) is 0 Å². The number of pyridine rings is 2. The summed E-state index contributed by atoms with van der Waals surface area (Å²) in [6.07, 6.45) is 7.06. The summed E-state index contributed by atoms with van der Waals surface area (Å²) in [4.78, 5) is 16.9. The van der Waals surface area contributed by atoms with Crippen molar-refractivity contribution in [1.29, 1.82) is 0 Å².